The molecule has 0 saturated carbocycles. The van der Waals surface area contributed by atoms with Crippen LogP contribution in [0.1, 0.15) is 25.8 Å². The fourth-order valence-corrected chi connectivity index (χ4v) is 3.23. The van der Waals surface area contributed by atoms with Crippen molar-refractivity contribution in [2.24, 2.45) is 10.9 Å². The van der Waals surface area contributed by atoms with Crippen LogP contribution in [0.2, 0.25) is 5.02 Å². The number of rotatable bonds is 3. The Bertz CT molecular complexity index is 457. The van der Waals surface area contributed by atoms with E-state index in [2.05, 4.69) is 25.2 Å². The first-order valence-electron chi connectivity index (χ1n) is 6.28. The van der Waals surface area contributed by atoms with Gasteiger partial charge in [-0.25, -0.2) is 0 Å². The quantitative estimate of drug-likeness (QED) is 0.878. The molecule has 0 radical (unpaired) electrons. The van der Waals surface area contributed by atoms with E-state index in [1.807, 2.05) is 19.1 Å². The van der Waals surface area contributed by atoms with Crippen molar-refractivity contribution in [3.05, 3.63) is 28.8 Å². The number of halogens is 1. The summed E-state index contributed by atoms with van der Waals surface area (Å²) in [6.07, 6.45) is 1.15. The number of thioether (sulfide) groups is 1. The van der Waals surface area contributed by atoms with Gasteiger partial charge in [-0.15, -0.1) is 0 Å². The number of nitrogens with one attached hydrogen (secondary N) is 1. The second-order valence-corrected chi connectivity index (χ2v) is 6.55. The Labute approximate surface area is 118 Å². The molecule has 1 heterocycles. The maximum atomic E-state index is 6.20. The van der Waals surface area contributed by atoms with Gasteiger partial charge < -0.3 is 5.32 Å². The molecule has 1 aromatic carbocycles. The molecule has 1 aliphatic rings. The zero-order valence-corrected chi connectivity index (χ0v) is 12.6. The van der Waals surface area contributed by atoms with Gasteiger partial charge in [0.15, 0.2) is 5.17 Å². The van der Waals surface area contributed by atoms with Crippen LogP contribution < -0.4 is 5.32 Å². The summed E-state index contributed by atoms with van der Waals surface area (Å²) >= 11 is 7.98. The summed E-state index contributed by atoms with van der Waals surface area (Å²) in [5.41, 5.74) is 2.11. The Kier molecular flexibility index (Phi) is 4.57. The van der Waals surface area contributed by atoms with Gasteiger partial charge in [0.2, 0.25) is 0 Å². The Hall–Kier alpha value is -0.670. The van der Waals surface area contributed by atoms with Gasteiger partial charge >= 0.3 is 0 Å². The van der Waals surface area contributed by atoms with Gasteiger partial charge in [-0.05, 0) is 37.0 Å². The smallest absolute Gasteiger partial charge is 0.161 e. The second-order valence-electron chi connectivity index (χ2n) is 5.14. The van der Waals surface area contributed by atoms with E-state index < -0.39 is 0 Å². The number of nitrogens with zero attached hydrogens (tertiary/aromatic N) is 1. The second kappa shape index (κ2) is 5.98. The van der Waals surface area contributed by atoms with E-state index in [1.165, 1.54) is 5.56 Å². The molecule has 0 saturated heterocycles. The van der Waals surface area contributed by atoms with Crippen LogP contribution in [0.3, 0.4) is 0 Å². The lowest BCUT2D eigenvalue weighted by atomic mass is 10.1. The van der Waals surface area contributed by atoms with E-state index in [0.29, 0.717) is 12.0 Å². The number of aryl methyl sites for hydroxylation is 1. The van der Waals surface area contributed by atoms with Crippen molar-refractivity contribution < 1.29 is 0 Å². The molecule has 2 nitrogen and oxygen atoms in total. The van der Waals surface area contributed by atoms with Crippen molar-refractivity contribution >= 4 is 34.2 Å². The van der Waals surface area contributed by atoms with Gasteiger partial charge in [0.25, 0.3) is 0 Å². The molecule has 0 amide bonds. The zero-order valence-electron chi connectivity index (χ0n) is 11.0. The minimum absolute atomic E-state index is 0.446. The molecule has 0 fully saturated rings. The van der Waals surface area contributed by atoms with Gasteiger partial charge in [-0.2, -0.15) is 0 Å². The van der Waals surface area contributed by atoms with Crippen LogP contribution in [0.4, 0.5) is 5.69 Å². The summed E-state index contributed by atoms with van der Waals surface area (Å²) in [6, 6.07) is 6.48. The monoisotopic (exact) mass is 282 g/mol. The molecule has 4 heteroatoms. The summed E-state index contributed by atoms with van der Waals surface area (Å²) in [6.45, 7) is 6.51. The van der Waals surface area contributed by atoms with Gasteiger partial charge in [0.1, 0.15) is 0 Å². The lowest BCUT2D eigenvalue weighted by Crippen LogP contribution is -2.08. The first-order chi connectivity index (χ1) is 8.54. The first-order valence-corrected chi connectivity index (χ1v) is 7.64. The van der Waals surface area contributed by atoms with Crippen LogP contribution in [0.15, 0.2) is 23.2 Å². The lowest BCUT2D eigenvalue weighted by Gasteiger charge is -2.08. The highest BCUT2D eigenvalue weighted by Gasteiger charge is 2.19. The number of benzene rings is 1. The molecule has 1 unspecified atom stereocenters. The Morgan fingerprint density at radius 2 is 2.28 bits per heavy atom. The fourth-order valence-electron chi connectivity index (χ4n) is 1.99. The normalized spacial score (nSPS) is 19.2. The largest absolute Gasteiger partial charge is 0.334 e. The molecule has 0 bridgehead atoms. The minimum atomic E-state index is 0.446. The summed E-state index contributed by atoms with van der Waals surface area (Å²) in [5, 5.41) is 5.07. The number of hydrogen-bond acceptors (Lipinski definition) is 3. The van der Waals surface area contributed by atoms with Gasteiger partial charge in [-0.1, -0.05) is 43.3 Å². The molecule has 18 heavy (non-hydrogen) atoms. The Morgan fingerprint density at radius 1 is 1.50 bits per heavy atom. The third-order valence-electron chi connectivity index (χ3n) is 2.82. The van der Waals surface area contributed by atoms with Crippen LogP contribution >= 0.6 is 23.4 Å². The Morgan fingerprint density at radius 3 is 2.94 bits per heavy atom. The Balaban J connectivity index is 2.02. The molecule has 0 aromatic heterocycles. The van der Waals surface area contributed by atoms with E-state index >= 15 is 0 Å². The third kappa shape index (κ3) is 3.66. The van der Waals surface area contributed by atoms with E-state index in [0.717, 1.165) is 28.1 Å². The first kappa shape index (κ1) is 13.8. The lowest BCUT2D eigenvalue weighted by molar-refractivity contribution is 0.529. The highest BCUT2D eigenvalue weighted by atomic mass is 35.5. The molecule has 0 spiro atoms. The molecule has 2 rings (SSSR count). The molecule has 1 atom stereocenters. The van der Waals surface area contributed by atoms with Gasteiger partial charge in [-0.3, -0.25) is 4.99 Å². The molecular formula is C14H19ClN2S. The summed E-state index contributed by atoms with van der Waals surface area (Å²) < 4.78 is 0. The molecule has 0 aliphatic carbocycles. The zero-order chi connectivity index (χ0) is 13.1. The van der Waals surface area contributed by atoms with Crippen molar-refractivity contribution in [1.82, 2.24) is 0 Å². The summed E-state index contributed by atoms with van der Waals surface area (Å²) in [4.78, 5) is 4.70. The highest BCUT2D eigenvalue weighted by molar-refractivity contribution is 8.14. The maximum absolute atomic E-state index is 6.20. The van der Waals surface area contributed by atoms with Crippen LogP contribution in [-0.4, -0.2) is 17.0 Å². The SMILES string of the molecule is Cc1ccc(NC2=NC(CC(C)C)CS2)c(Cl)c1. The molecular weight excluding hydrogens is 264 g/mol. The van der Waals surface area contributed by atoms with Crippen LogP contribution in [-0.2, 0) is 0 Å². The minimum Gasteiger partial charge on any atom is -0.334 e. The van der Waals surface area contributed by atoms with E-state index in [-0.39, 0.29) is 0 Å². The van der Waals surface area contributed by atoms with Crippen molar-refractivity contribution in [3.8, 4) is 0 Å². The van der Waals surface area contributed by atoms with E-state index in [4.69, 9.17) is 16.6 Å². The van der Waals surface area contributed by atoms with Crippen molar-refractivity contribution in [3.63, 3.8) is 0 Å². The van der Waals surface area contributed by atoms with Crippen molar-refractivity contribution in [2.45, 2.75) is 33.2 Å². The van der Waals surface area contributed by atoms with Crippen molar-refractivity contribution in [2.75, 3.05) is 11.1 Å². The summed E-state index contributed by atoms with van der Waals surface area (Å²) in [7, 11) is 0. The number of aliphatic imine (C=N–C) groups is 1. The average Bonchev–Trinajstić information content (AvgIpc) is 2.69. The topological polar surface area (TPSA) is 24.4 Å². The van der Waals surface area contributed by atoms with Crippen LogP contribution in [0.25, 0.3) is 0 Å². The van der Waals surface area contributed by atoms with Gasteiger partial charge in [0.05, 0.1) is 16.8 Å². The average molecular weight is 283 g/mol. The number of anilines is 1. The highest BCUT2D eigenvalue weighted by Crippen LogP contribution is 2.28. The fraction of sp³-hybridized carbons (Fsp3) is 0.500. The predicted molar refractivity (Wildman–Crippen MR) is 82.9 cm³/mol. The third-order valence-corrected chi connectivity index (χ3v) is 4.17. The number of amidine groups is 1. The predicted octanol–water partition coefficient (Wildman–Crippen LogP) is 4.58. The van der Waals surface area contributed by atoms with Gasteiger partial charge in [0, 0.05) is 5.75 Å². The van der Waals surface area contributed by atoms with Crippen LogP contribution in [0, 0.1) is 12.8 Å². The van der Waals surface area contributed by atoms with E-state index in [9.17, 15) is 0 Å². The summed E-state index contributed by atoms with van der Waals surface area (Å²) in [5.74, 6) is 1.77. The van der Waals surface area contributed by atoms with Crippen molar-refractivity contribution in [1.29, 1.82) is 0 Å². The number of hydrogen-bond donors (Lipinski definition) is 1. The standard InChI is InChI=1S/C14H19ClN2S/c1-9(2)6-11-8-18-14(16-11)17-13-5-4-10(3)7-12(13)15/h4-5,7,9,11H,6,8H2,1-3H3,(H,16,17). The molecule has 1 aromatic rings. The molecule has 98 valence electrons. The molecule has 1 N–H and O–H groups in total. The van der Waals surface area contributed by atoms with E-state index in [1.54, 1.807) is 11.8 Å². The van der Waals surface area contributed by atoms with Crippen LogP contribution in [0.5, 0.6) is 0 Å². The molecule has 1 aliphatic heterocycles. The maximum Gasteiger partial charge on any atom is 0.161 e.